The average Bonchev–Trinajstić information content (AvgIpc) is 2.83. The van der Waals surface area contributed by atoms with Crippen molar-refractivity contribution in [3.63, 3.8) is 0 Å². The van der Waals surface area contributed by atoms with Crippen molar-refractivity contribution in [2.24, 2.45) is 11.8 Å². The highest BCUT2D eigenvalue weighted by Crippen LogP contribution is 2.45. The summed E-state index contributed by atoms with van der Waals surface area (Å²) in [7, 11) is 0. The van der Waals surface area contributed by atoms with E-state index >= 15 is 0 Å². The second-order valence-corrected chi connectivity index (χ2v) is 5.05. The molecule has 15 heavy (non-hydrogen) atoms. The highest BCUT2D eigenvalue weighted by molar-refractivity contribution is 6.29. The highest BCUT2D eigenvalue weighted by atomic mass is 35.5. The number of hydrogen-bond donors (Lipinski definition) is 1. The smallest absolute Gasteiger partial charge is 0.151 e. The zero-order chi connectivity index (χ0) is 10.3. The Balaban J connectivity index is 1.68. The van der Waals surface area contributed by atoms with E-state index in [9.17, 15) is 0 Å². The molecule has 2 aliphatic carbocycles. The maximum absolute atomic E-state index is 5.69. The molecule has 2 saturated carbocycles. The number of anilines is 1. The predicted octanol–water partition coefficient (Wildman–Crippen LogP) is 2.73. The molecule has 0 aliphatic heterocycles. The van der Waals surface area contributed by atoms with Gasteiger partial charge in [-0.15, -0.1) is 10.2 Å². The van der Waals surface area contributed by atoms with Crippen molar-refractivity contribution >= 4 is 17.4 Å². The quantitative estimate of drug-likeness (QED) is 0.838. The van der Waals surface area contributed by atoms with Crippen LogP contribution >= 0.6 is 11.6 Å². The van der Waals surface area contributed by atoms with Gasteiger partial charge in [0.25, 0.3) is 0 Å². The Hall–Kier alpha value is -0.830. The van der Waals surface area contributed by atoms with Crippen molar-refractivity contribution < 1.29 is 0 Å². The molecule has 1 aromatic heterocycles. The summed E-state index contributed by atoms with van der Waals surface area (Å²) in [5.41, 5.74) is 0. The van der Waals surface area contributed by atoms with E-state index in [2.05, 4.69) is 15.5 Å². The molecule has 2 aliphatic rings. The Morgan fingerprint density at radius 3 is 2.73 bits per heavy atom. The van der Waals surface area contributed by atoms with E-state index in [1.54, 1.807) is 6.07 Å². The van der Waals surface area contributed by atoms with Crippen molar-refractivity contribution in [1.82, 2.24) is 10.2 Å². The van der Waals surface area contributed by atoms with Crippen LogP contribution in [0.3, 0.4) is 0 Å². The van der Waals surface area contributed by atoms with Gasteiger partial charge in [-0.1, -0.05) is 18.0 Å². The zero-order valence-corrected chi connectivity index (χ0v) is 9.24. The van der Waals surface area contributed by atoms with Crippen molar-refractivity contribution in [2.75, 3.05) is 5.32 Å². The first-order valence-corrected chi connectivity index (χ1v) is 5.95. The van der Waals surface area contributed by atoms with Crippen LogP contribution in [0.5, 0.6) is 0 Å². The molecule has 1 N–H and O–H groups in total. The van der Waals surface area contributed by atoms with E-state index in [1.807, 2.05) is 6.07 Å². The van der Waals surface area contributed by atoms with E-state index in [0.29, 0.717) is 11.2 Å². The zero-order valence-electron chi connectivity index (χ0n) is 8.49. The van der Waals surface area contributed by atoms with Gasteiger partial charge < -0.3 is 5.32 Å². The van der Waals surface area contributed by atoms with Gasteiger partial charge in [0.1, 0.15) is 5.82 Å². The minimum Gasteiger partial charge on any atom is -0.366 e. The summed E-state index contributed by atoms with van der Waals surface area (Å²) in [6.45, 7) is 0. The molecule has 0 amide bonds. The van der Waals surface area contributed by atoms with E-state index in [1.165, 1.54) is 25.7 Å². The van der Waals surface area contributed by atoms with Gasteiger partial charge in [0.05, 0.1) is 0 Å². The summed E-state index contributed by atoms with van der Waals surface area (Å²) in [6, 6.07) is 4.30. The van der Waals surface area contributed by atoms with Gasteiger partial charge in [0, 0.05) is 6.04 Å². The molecule has 0 aromatic carbocycles. The van der Waals surface area contributed by atoms with E-state index in [-0.39, 0.29) is 0 Å². The number of nitrogens with one attached hydrogen (secondary N) is 1. The standard InChI is InChI=1S/C11H14ClN3/c12-10-3-4-11(15-14-10)13-9-6-7-1-2-8(9)5-7/h3-4,7-9H,1-2,5-6H2,(H,13,15). The number of nitrogens with zero attached hydrogens (tertiary/aromatic N) is 2. The molecule has 3 atom stereocenters. The summed E-state index contributed by atoms with van der Waals surface area (Å²) in [5, 5.41) is 11.8. The minimum atomic E-state index is 0.452. The Morgan fingerprint density at radius 1 is 1.20 bits per heavy atom. The first-order valence-electron chi connectivity index (χ1n) is 5.57. The lowest BCUT2D eigenvalue weighted by Crippen LogP contribution is -2.26. The number of fused-ring (bicyclic) bond motifs is 2. The summed E-state index contributed by atoms with van der Waals surface area (Å²) < 4.78 is 0. The summed E-state index contributed by atoms with van der Waals surface area (Å²) >= 11 is 5.69. The molecule has 1 aromatic rings. The normalized spacial score (nSPS) is 33.3. The molecule has 3 rings (SSSR count). The van der Waals surface area contributed by atoms with Crippen molar-refractivity contribution in [3.8, 4) is 0 Å². The SMILES string of the molecule is Clc1ccc(NC2CC3CCC2C3)nn1. The highest BCUT2D eigenvalue weighted by Gasteiger charge is 2.39. The first-order chi connectivity index (χ1) is 7.31. The molecule has 80 valence electrons. The largest absolute Gasteiger partial charge is 0.366 e. The van der Waals surface area contributed by atoms with Gasteiger partial charge in [-0.2, -0.15) is 0 Å². The fourth-order valence-corrected chi connectivity index (χ4v) is 3.11. The maximum Gasteiger partial charge on any atom is 0.151 e. The second-order valence-electron chi connectivity index (χ2n) is 4.67. The fourth-order valence-electron chi connectivity index (χ4n) is 3.00. The van der Waals surface area contributed by atoms with Crippen LogP contribution in [0.25, 0.3) is 0 Å². The van der Waals surface area contributed by atoms with E-state index in [0.717, 1.165) is 17.7 Å². The van der Waals surface area contributed by atoms with Crippen LogP contribution in [0, 0.1) is 11.8 Å². The number of hydrogen-bond acceptors (Lipinski definition) is 3. The third-order valence-corrected chi connectivity index (χ3v) is 3.90. The predicted molar refractivity (Wildman–Crippen MR) is 59.9 cm³/mol. The Labute approximate surface area is 94.2 Å². The van der Waals surface area contributed by atoms with E-state index < -0.39 is 0 Å². The fraction of sp³-hybridized carbons (Fsp3) is 0.636. The van der Waals surface area contributed by atoms with Gasteiger partial charge in [-0.25, -0.2) is 0 Å². The van der Waals surface area contributed by atoms with Crippen molar-refractivity contribution in [3.05, 3.63) is 17.3 Å². The van der Waals surface area contributed by atoms with Crippen molar-refractivity contribution in [2.45, 2.75) is 31.7 Å². The molecular formula is C11H14ClN3. The molecule has 3 unspecified atom stereocenters. The van der Waals surface area contributed by atoms with Crippen LogP contribution in [0.4, 0.5) is 5.82 Å². The molecule has 4 heteroatoms. The average molecular weight is 224 g/mol. The molecule has 3 nitrogen and oxygen atoms in total. The van der Waals surface area contributed by atoms with Crippen molar-refractivity contribution in [1.29, 1.82) is 0 Å². The molecule has 1 heterocycles. The molecule has 0 radical (unpaired) electrons. The third kappa shape index (κ3) is 1.81. The molecule has 2 bridgehead atoms. The lowest BCUT2D eigenvalue weighted by Gasteiger charge is -2.22. The lowest BCUT2D eigenvalue weighted by molar-refractivity contribution is 0.438. The summed E-state index contributed by atoms with van der Waals surface area (Å²) in [6.07, 6.45) is 5.51. The van der Waals surface area contributed by atoms with Gasteiger partial charge in [0.15, 0.2) is 5.15 Å². The van der Waals surface area contributed by atoms with Gasteiger partial charge >= 0.3 is 0 Å². The Kier molecular flexibility index (Phi) is 2.28. The summed E-state index contributed by atoms with van der Waals surface area (Å²) in [5.74, 6) is 2.66. The number of rotatable bonds is 2. The maximum atomic E-state index is 5.69. The van der Waals surface area contributed by atoms with Gasteiger partial charge in [0.2, 0.25) is 0 Å². The molecule has 0 spiro atoms. The van der Waals surface area contributed by atoms with Crippen LogP contribution in [0.15, 0.2) is 12.1 Å². The van der Waals surface area contributed by atoms with Crippen LogP contribution in [0.2, 0.25) is 5.15 Å². The van der Waals surface area contributed by atoms with Crippen LogP contribution in [-0.4, -0.2) is 16.2 Å². The summed E-state index contributed by atoms with van der Waals surface area (Å²) in [4.78, 5) is 0. The monoisotopic (exact) mass is 223 g/mol. The second kappa shape index (κ2) is 3.63. The van der Waals surface area contributed by atoms with Crippen LogP contribution < -0.4 is 5.32 Å². The molecule has 0 saturated heterocycles. The van der Waals surface area contributed by atoms with Crippen LogP contribution in [0.1, 0.15) is 25.7 Å². The Bertz CT molecular complexity index is 351. The van der Waals surface area contributed by atoms with Gasteiger partial charge in [-0.3, -0.25) is 0 Å². The molecular weight excluding hydrogens is 210 g/mol. The minimum absolute atomic E-state index is 0.452. The Morgan fingerprint density at radius 2 is 2.13 bits per heavy atom. The van der Waals surface area contributed by atoms with Gasteiger partial charge in [-0.05, 0) is 43.2 Å². The topological polar surface area (TPSA) is 37.8 Å². The lowest BCUT2D eigenvalue weighted by atomic mass is 9.95. The third-order valence-electron chi connectivity index (χ3n) is 3.70. The van der Waals surface area contributed by atoms with Crippen LogP contribution in [-0.2, 0) is 0 Å². The molecule has 2 fully saturated rings. The first kappa shape index (κ1) is 9.40. The van der Waals surface area contributed by atoms with E-state index in [4.69, 9.17) is 11.6 Å². The number of aromatic nitrogens is 2. The number of halogens is 1.